The van der Waals surface area contributed by atoms with Crippen LogP contribution < -0.4 is 5.32 Å². The van der Waals surface area contributed by atoms with Gasteiger partial charge in [-0.1, -0.05) is 47.1 Å². The number of carbonyl (C=O) groups excluding carboxylic acids is 1. The molecule has 4 aromatic rings. The lowest BCUT2D eigenvalue weighted by Crippen LogP contribution is -2.30. The Bertz CT molecular complexity index is 1100. The number of rotatable bonds is 6. The van der Waals surface area contributed by atoms with Crippen molar-refractivity contribution in [3.63, 3.8) is 0 Å². The second kappa shape index (κ2) is 8.32. The van der Waals surface area contributed by atoms with E-state index in [0.717, 1.165) is 11.1 Å². The summed E-state index contributed by atoms with van der Waals surface area (Å²) < 4.78 is 7.20. The Morgan fingerprint density at radius 3 is 2.62 bits per heavy atom. The van der Waals surface area contributed by atoms with Gasteiger partial charge in [0.25, 0.3) is 5.89 Å². The standard InChI is InChI=1S/C22H19ClN4O2/c1-15(16-6-3-2-4-7-16)24-20(28)14-27-13-5-8-19(27)22-25-21(26-29-22)17-9-11-18(23)12-10-17/h2-13,15H,14H2,1H3,(H,24,28)/t15-/m1/s1. The summed E-state index contributed by atoms with van der Waals surface area (Å²) in [7, 11) is 0. The van der Waals surface area contributed by atoms with Crippen molar-refractivity contribution in [3.05, 3.63) is 83.5 Å². The second-order valence-corrected chi connectivity index (χ2v) is 7.09. The summed E-state index contributed by atoms with van der Waals surface area (Å²) >= 11 is 5.92. The first kappa shape index (κ1) is 19.0. The molecule has 29 heavy (non-hydrogen) atoms. The van der Waals surface area contributed by atoms with Crippen molar-refractivity contribution in [2.75, 3.05) is 0 Å². The molecule has 1 N–H and O–H groups in total. The average Bonchev–Trinajstić information content (AvgIpc) is 3.38. The average molecular weight is 407 g/mol. The molecule has 0 spiro atoms. The Labute approximate surface area is 173 Å². The van der Waals surface area contributed by atoms with E-state index in [1.807, 2.05) is 67.7 Å². The van der Waals surface area contributed by atoms with Gasteiger partial charge in [0.2, 0.25) is 11.7 Å². The number of carbonyl (C=O) groups is 1. The Morgan fingerprint density at radius 1 is 1.10 bits per heavy atom. The molecule has 0 aliphatic rings. The summed E-state index contributed by atoms with van der Waals surface area (Å²) in [5.74, 6) is 0.715. The molecule has 0 unspecified atom stereocenters. The maximum atomic E-state index is 12.5. The molecule has 0 bridgehead atoms. The van der Waals surface area contributed by atoms with Gasteiger partial charge in [0, 0.05) is 16.8 Å². The number of hydrogen-bond acceptors (Lipinski definition) is 4. The minimum absolute atomic E-state index is 0.0809. The SMILES string of the molecule is C[C@@H](NC(=O)Cn1cccc1-c1nc(-c2ccc(Cl)cc2)no1)c1ccccc1. The van der Waals surface area contributed by atoms with Gasteiger partial charge in [-0.25, -0.2) is 0 Å². The third-order valence-electron chi connectivity index (χ3n) is 4.57. The van der Waals surface area contributed by atoms with Gasteiger partial charge in [-0.15, -0.1) is 0 Å². The topological polar surface area (TPSA) is 73.0 Å². The van der Waals surface area contributed by atoms with Crippen molar-refractivity contribution in [2.24, 2.45) is 0 Å². The molecule has 7 heteroatoms. The van der Waals surface area contributed by atoms with E-state index in [9.17, 15) is 4.79 Å². The van der Waals surface area contributed by atoms with Crippen LogP contribution in [0.2, 0.25) is 5.02 Å². The highest BCUT2D eigenvalue weighted by Gasteiger charge is 2.16. The third kappa shape index (κ3) is 4.38. The molecule has 0 saturated carbocycles. The summed E-state index contributed by atoms with van der Waals surface area (Å²) in [6.07, 6.45) is 1.81. The molecule has 0 aliphatic carbocycles. The van der Waals surface area contributed by atoms with Gasteiger partial charge in [-0.2, -0.15) is 4.98 Å². The lowest BCUT2D eigenvalue weighted by molar-refractivity contribution is -0.122. The van der Waals surface area contributed by atoms with Gasteiger partial charge >= 0.3 is 0 Å². The predicted octanol–water partition coefficient (Wildman–Crippen LogP) is 4.74. The normalized spacial score (nSPS) is 11.9. The Hall–Kier alpha value is -3.38. The molecule has 1 atom stereocenters. The zero-order valence-electron chi connectivity index (χ0n) is 15.7. The molecule has 2 aromatic carbocycles. The van der Waals surface area contributed by atoms with Gasteiger partial charge in [0.05, 0.1) is 6.04 Å². The van der Waals surface area contributed by atoms with Crippen molar-refractivity contribution in [1.82, 2.24) is 20.0 Å². The summed E-state index contributed by atoms with van der Waals surface area (Å²) in [4.78, 5) is 17.0. The van der Waals surface area contributed by atoms with Crippen LogP contribution in [0.4, 0.5) is 0 Å². The van der Waals surface area contributed by atoms with Crippen LogP contribution in [0, 0.1) is 0 Å². The Morgan fingerprint density at radius 2 is 1.86 bits per heavy atom. The molecule has 6 nitrogen and oxygen atoms in total. The van der Waals surface area contributed by atoms with E-state index in [-0.39, 0.29) is 18.5 Å². The number of hydrogen-bond donors (Lipinski definition) is 1. The maximum absolute atomic E-state index is 12.5. The first-order chi connectivity index (χ1) is 14.1. The summed E-state index contributed by atoms with van der Waals surface area (Å²) in [5, 5.41) is 7.69. The highest BCUT2D eigenvalue weighted by molar-refractivity contribution is 6.30. The zero-order valence-corrected chi connectivity index (χ0v) is 16.5. The van der Waals surface area contributed by atoms with Crippen molar-refractivity contribution in [2.45, 2.75) is 19.5 Å². The number of amides is 1. The van der Waals surface area contributed by atoms with Crippen molar-refractivity contribution >= 4 is 17.5 Å². The first-order valence-corrected chi connectivity index (χ1v) is 9.57. The smallest absolute Gasteiger partial charge is 0.274 e. The van der Waals surface area contributed by atoms with Crippen LogP contribution in [0.15, 0.2) is 77.4 Å². The van der Waals surface area contributed by atoms with Crippen molar-refractivity contribution < 1.29 is 9.32 Å². The third-order valence-corrected chi connectivity index (χ3v) is 4.82. The molecule has 146 valence electrons. The molecule has 2 aromatic heterocycles. The molecular weight excluding hydrogens is 388 g/mol. The fraction of sp³-hybridized carbons (Fsp3) is 0.136. The monoisotopic (exact) mass is 406 g/mol. The van der Waals surface area contributed by atoms with Crippen LogP contribution in [0.1, 0.15) is 18.5 Å². The van der Waals surface area contributed by atoms with Gasteiger partial charge in [0.1, 0.15) is 12.2 Å². The molecule has 2 heterocycles. The van der Waals surface area contributed by atoms with E-state index < -0.39 is 0 Å². The van der Waals surface area contributed by atoms with Crippen LogP contribution in [-0.2, 0) is 11.3 Å². The van der Waals surface area contributed by atoms with Crippen molar-refractivity contribution in [1.29, 1.82) is 0 Å². The Balaban J connectivity index is 1.47. The predicted molar refractivity (Wildman–Crippen MR) is 111 cm³/mol. The number of benzene rings is 2. The summed E-state index contributed by atoms with van der Waals surface area (Å²) in [5.41, 5.74) is 2.54. The van der Waals surface area contributed by atoms with E-state index in [1.165, 1.54) is 0 Å². The lowest BCUT2D eigenvalue weighted by atomic mass is 10.1. The number of nitrogens with zero attached hydrogens (tertiary/aromatic N) is 3. The molecule has 4 rings (SSSR count). The van der Waals surface area contributed by atoms with Gasteiger partial charge in [-0.05, 0) is 48.9 Å². The highest BCUT2D eigenvalue weighted by atomic mass is 35.5. The van der Waals surface area contributed by atoms with E-state index >= 15 is 0 Å². The number of halogens is 1. The molecular formula is C22H19ClN4O2. The quantitative estimate of drug-likeness (QED) is 0.502. The largest absolute Gasteiger partial charge is 0.348 e. The van der Waals surface area contributed by atoms with E-state index in [0.29, 0.717) is 22.4 Å². The summed E-state index contributed by atoms with van der Waals surface area (Å²) in [6, 6.07) is 20.6. The fourth-order valence-corrected chi connectivity index (χ4v) is 3.18. The first-order valence-electron chi connectivity index (χ1n) is 9.19. The van der Waals surface area contributed by atoms with Crippen LogP contribution in [0.3, 0.4) is 0 Å². The van der Waals surface area contributed by atoms with Crippen LogP contribution >= 0.6 is 11.6 Å². The molecule has 0 radical (unpaired) electrons. The fourth-order valence-electron chi connectivity index (χ4n) is 3.06. The highest BCUT2D eigenvalue weighted by Crippen LogP contribution is 2.24. The zero-order chi connectivity index (χ0) is 20.2. The number of nitrogens with one attached hydrogen (secondary N) is 1. The van der Waals surface area contributed by atoms with Gasteiger partial charge < -0.3 is 14.4 Å². The second-order valence-electron chi connectivity index (χ2n) is 6.65. The maximum Gasteiger partial charge on any atom is 0.274 e. The van der Waals surface area contributed by atoms with Crippen molar-refractivity contribution in [3.8, 4) is 23.0 Å². The minimum atomic E-state index is -0.101. The molecule has 0 saturated heterocycles. The summed E-state index contributed by atoms with van der Waals surface area (Å²) in [6.45, 7) is 2.11. The van der Waals surface area contributed by atoms with Gasteiger partial charge in [-0.3, -0.25) is 4.79 Å². The van der Waals surface area contributed by atoms with Crippen LogP contribution in [0.25, 0.3) is 23.0 Å². The molecule has 0 aliphatic heterocycles. The Kier molecular flexibility index (Phi) is 5.44. The van der Waals surface area contributed by atoms with Crippen LogP contribution in [0.5, 0.6) is 0 Å². The van der Waals surface area contributed by atoms with Crippen LogP contribution in [-0.4, -0.2) is 20.6 Å². The van der Waals surface area contributed by atoms with E-state index in [4.69, 9.17) is 16.1 Å². The molecule has 1 amide bonds. The molecule has 0 fully saturated rings. The van der Waals surface area contributed by atoms with E-state index in [2.05, 4.69) is 15.5 Å². The number of aromatic nitrogens is 3. The lowest BCUT2D eigenvalue weighted by Gasteiger charge is -2.15. The van der Waals surface area contributed by atoms with Gasteiger partial charge in [0.15, 0.2) is 0 Å². The minimum Gasteiger partial charge on any atom is -0.348 e. The van der Waals surface area contributed by atoms with E-state index in [1.54, 1.807) is 16.7 Å².